The van der Waals surface area contributed by atoms with Crippen molar-refractivity contribution in [3.63, 3.8) is 0 Å². The van der Waals surface area contributed by atoms with Crippen LogP contribution in [-0.2, 0) is 5.75 Å². The molecule has 0 aliphatic heterocycles. The van der Waals surface area contributed by atoms with Crippen LogP contribution in [0.15, 0.2) is 64.0 Å². The van der Waals surface area contributed by atoms with Crippen molar-refractivity contribution in [1.29, 1.82) is 0 Å². The van der Waals surface area contributed by atoms with Gasteiger partial charge in [-0.05, 0) is 24.1 Å². The van der Waals surface area contributed by atoms with E-state index in [1.165, 1.54) is 17.3 Å². The van der Waals surface area contributed by atoms with E-state index in [0.717, 1.165) is 11.3 Å². The molecule has 0 saturated heterocycles. The van der Waals surface area contributed by atoms with E-state index < -0.39 is 0 Å². The number of rotatable bonds is 8. The first-order valence-corrected chi connectivity index (χ1v) is 10.00. The summed E-state index contributed by atoms with van der Waals surface area (Å²) in [5, 5.41) is 6.99. The van der Waals surface area contributed by atoms with Crippen molar-refractivity contribution in [1.82, 2.24) is 15.5 Å². The fourth-order valence-electron chi connectivity index (χ4n) is 2.86. The Morgan fingerprint density at radius 2 is 1.89 bits per heavy atom. The fraction of sp³-hybridized carbons (Fsp3) is 0.286. The van der Waals surface area contributed by atoms with Gasteiger partial charge in [-0.2, -0.15) is 4.98 Å². The number of nitrogens with one attached hydrogen (secondary N) is 1. The number of benzene rings is 2. The summed E-state index contributed by atoms with van der Waals surface area (Å²) in [5.74, 6) is 1.98. The molecular weight excluding hydrogens is 358 g/mol. The van der Waals surface area contributed by atoms with Crippen LogP contribution in [0.1, 0.15) is 46.9 Å². The van der Waals surface area contributed by atoms with Gasteiger partial charge in [-0.3, -0.25) is 4.79 Å². The third kappa shape index (κ3) is 5.20. The van der Waals surface area contributed by atoms with Crippen LogP contribution in [0.2, 0.25) is 0 Å². The smallest absolute Gasteiger partial charge is 0.252 e. The summed E-state index contributed by atoms with van der Waals surface area (Å²) in [5.41, 5.74) is 1.92. The fourth-order valence-corrected chi connectivity index (χ4v) is 3.75. The van der Waals surface area contributed by atoms with Crippen molar-refractivity contribution in [2.75, 3.05) is 6.54 Å². The van der Waals surface area contributed by atoms with Crippen LogP contribution in [0, 0.1) is 6.92 Å². The molecule has 0 aliphatic rings. The van der Waals surface area contributed by atoms with E-state index in [-0.39, 0.29) is 5.91 Å². The number of aryl methyl sites for hydroxylation is 1. The number of aromatic nitrogens is 2. The Bertz CT molecular complexity index is 880. The van der Waals surface area contributed by atoms with Gasteiger partial charge in [0, 0.05) is 24.3 Å². The van der Waals surface area contributed by atoms with E-state index in [1.807, 2.05) is 42.5 Å². The summed E-state index contributed by atoms with van der Waals surface area (Å²) < 4.78 is 5.00. The molecule has 3 rings (SSSR count). The lowest BCUT2D eigenvalue weighted by atomic mass is 9.96. The molecular formula is C21H23N3O2S. The monoisotopic (exact) mass is 381 g/mol. The highest BCUT2D eigenvalue weighted by molar-refractivity contribution is 7.98. The molecule has 0 spiro atoms. The Balaban J connectivity index is 1.64. The van der Waals surface area contributed by atoms with Crippen LogP contribution in [0.5, 0.6) is 0 Å². The molecule has 0 aliphatic carbocycles. The maximum Gasteiger partial charge on any atom is 0.252 e. The maximum absolute atomic E-state index is 12.8. The first kappa shape index (κ1) is 19.2. The van der Waals surface area contributed by atoms with Gasteiger partial charge in [0.2, 0.25) is 5.89 Å². The molecule has 0 bridgehead atoms. The Labute approximate surface area is 163 Å². The normalized spacial score (nSPS) is 11.9. The number of carbonyl (C=O) groups excluding carboxylic acids is 1. The Morgan fingerprint density at radius 3 is 2.59 bits per heavy atom. The van der Waals surface area contributed by atoms with Gasteiger partial charge < -0.3 is 9.84 Å². The summed E-state index contributed by atoms with van der Waals surface area (Å²) in [6.07, 6.45) is 0.970. The summed E-state index contributed by atoms with van der Waals surface area (Å²) in [6.45, 7) is 4.52. The molecule has 6 heteroatoms. The van der Waals surface area contributed by atoms with Crippen molar-refractivity contribution in [3.05, 3.63) is 77.4 Å². The zero-order valence-corrected chi connectivity index (χ0v) is 16.3. The van der Waals surface area contributed by atoms with Gasteiger partial charge in [-0.1, -0.05) is 54.5 Å². The SMILES string of the molecule is CC[C@@H](CNC(=O)c1ccccc1SCc1noc(C)n1)c1ccccc1. The predicted octanol–water partition coefficient (Wildman–Crippen LogP) is 4.59. The number of nitrogens with zero attached hydrogens (tertiary/aromatic N) is 2. The first-order chi connectivity index (χ1) is 13.2. The minimum atomic E-state index is -0.0585. The molecule has 140 valence electrons. The van der Waals surface area contributed by atoms with E-state index in [2.05, 4.69) is 34.5 Å². The number of hydrogen-bond donors (Lipinski definition) is 1. The first-order valence-electron chi connectivity index (χ1n) is 9.01. The standard InChI is InChI=1S/C21H23N3O2S/c1-3-16(17-9-5-4-6-10-17)13-22-21(25)18-11-7-8-12-19(18)27-14-20-23-15(2)26-24-20/h4-12,16H,3,13-14H2,1-2H3,(H,22,25)/t16-/m0/s1. The molecule has 0 radical (unpaired) electrons. The maximum atomic E-state index is 12.8. The van der Waals surface area contributed by atoms with E-state index in [9.17, 15) is 4.79 Å². The van der Waals surface area contributed by atoms with E-state index in [4.69, 9.17) is 4.52 Å². The van der Waals surface area contributed by atoms with Crippen molar-refractivity contribution in [2.24, 2.45) is 0 Å². The third-order valence-corrected chi connectivity index (χ3v) is 5.40. The highest BCUT2D eigenvalue weighted by Gasteiger charge is 2.15. The van der Waals surface area contributed by atoms with Gasteiger partial charge >= 0.3 is 0 Å². The molecule has 1 aromatic heterocycles. The Kier molecular flexibility index (Phi) is 6.65. The van der Waals surface area contributed by atoms with E-state index in [1.54, 1.807) is 6.92 Å². The lowest BCUT2D eigenvalue weighted by Gasteiger charge is -2.17. The van der Waals surface area contributed by atoms with Crippen LogP contribution in [0.25, 0.3) is 0 Å². The number of thioether (sulfide) groups is 1. The van der Waals surface area contributed by atoms with Gasteiger partial charge in [0.05, 0.1) is 11.3 Å². The molecule has 2 aromatic carbocycles. The molecule has 0 fully saturated rings. The zero-order chi connectivity index (χ0) is 19.1. The van der Waals surface area contributed by atoms with Gasteiger partial charge in [-0.25, -0.2) is 0 Å². The molecule has 1 heterocycles. The minimum absolute atomic E-state index is 0.0585. The van der Waals surface area contributed by atoms with E-state index in [0.29, 0.717) is 35.5 Å². The quantitative estimate of drug-likeness (QED) is 0.578. The largest absolute Gasteiger partial charge is 0.351 e. The molecule has 3 aromatic rings. The molecule has 0 saturated carbocycles. The topological polar surface area (TPSA) is 68.0 Å². The summed E-state index contributed by atoms with van der Waals surface area (Å²) in [6, 6.07) is 17.9. The summed E-state index contributed by atoms with van der Waals surface area (Å²) >= 11 is 1.53. The van der Waals surface area contributed by atoms with E-state index >= 15 is 0 Å². The Morgan fingerprint density at radius 1 is 1.15 bits per heavy atom. The van der Waals surface area contributed by atoms with Crippen molar-refractivity contribution in [2.45, 2.75) is 36.8 Å². The van der Waals surface area contributed by atoms with Gasteiger partial charge in [0.1, 0.15) is 0 Å². The number of carbonyl (C=O) groups is 1. The van der Waals surface area contributed by atoms with Crippen molar-refractivity contribution in [3.8, 4) is 0 Å². The second-order valence-electron chi connectivity index (χ2n) is 6.24. The second kappa shape index (κ2) is 9.37. The van der Waals surface area contributed by atoms with Gasteiger partial charge in [-0.15, -0.1) is 11.8 Å². The summed E-state index contributed by atoms with van der Waals surface area (Å²) in [7, 11) is 0. The average Bonchev–Trinajstić information content (AvgIpc) is 3.13. The van der Waals surface area contributed by atoms with Gasteiger partial charge in [0.15, 0.2) is 5.82 Å². The lowest BCUT2D eigenvalue weighted by Crippen LogP contribution is -2.28. The highest BCUT2D eigenvalue weighted by atomic mass is 32.2. The molecule has 0 unspecified atom stereocenters. The van der Waals surface area contributed by atoms with Crippen molar-refractivity contribution >= 4 is 17.7 Å². The van der Waals surface area contributed by atoms with Crippen LogP contribution in [-0.4, -0.2) is 22.6 Å². The van der Waals surface area contributed by atoms with Gasteiger partial charge in [0.25, 0.3) is 5.91 Å². The van der Waals surface area contributed by atoms with Crippen LogP contribution >= 0.6 is 11.8 Å². The molecule has 1 amide bonds. The number of hydrogen-bond acceptors (Lipinski definition) is 5. The molecule has 1 N–H and O–H groups in total. The lowest BCUT2D eigenvalue weighted by molar-refractivity contribution is 0.0948. The predicted molar refractivity (Wildman–Crippen MR) is 107 cm³/mol. The van der Waals surface area contributed by atoms with Crippen molar-refractivity contribution < 1.29 is 9.32 Å². The minimum Gasteiger partial charge on any atom is -0.351 e. The zero-order valence-electron chi connectivity index (χ0n) is 15.5. The van der Waals surface area contributed by atoms with Crippen LogP contribution < -0.4 is 5.32 Å². The molecule has 1 atom stereocenters. The molecule has 5 nitrogen and oxygen atoms in total. The third-order valence-electron chi connectivity index (χ3n) is 4.33. The van der Waals surface area contributed by atoms with Crippen LogP contribution in [0.4, 0.5) is 0 Å². The second-order valence-corrected chi connectivity index (χ2v) is 7.26. The molecule has 27 heavy (non-hydrogen) atoms. The highest BCUT2D eigenvalue weighted by Crippen LogP contribution is 2.26. The summed E-state index contributed by atoms with van der Waals surface area (Å²) in [4.78, 5) is 17.9. The average molecular weight is 382 g/mol. The number of amides is 1. The Hall–Kier alpha value is -2.60. The van der Waals surface area contributed by atoms with Crippen LogP contribution in [0.3, 0.4) is 0 Å².